The second-order valence-corrected chi connectivity index (χ2v) is 2.77. The molecule has 0 spiro atoms. The fourth-order valence-electron chi connectivity index (χ4n) is 0.729. The van der Waals surface area contributed by atoms with E-state index in [1.165, 1.54) is 38.8 Å². The molecule has 0 aromatic rings. The number of hydrogen-bond donors (Lipinski definition) is 2. The summed E-state index contributed by atoms with van der Waals surface area (Å²) in [5, 5.41) is 11.0. The number of unbranched alkanes of at least 4 members (excludes halogenated alkanes) is 2. The van der Waals surface area contributed by atoms with Crippen LogP contribution in [0.2, 0.25) is 0 Å². The van der Waals surface area contributed by atoms with Gasteiger partial charge in [-0.15, -0.1) is 0 Å². The van der Waals surface area contributed by atoms with Crippen molar-refractivity contribution < 1.29 is 5.11 Å². The van der Waals surface area contributed by atoms with Gasteiger partial charge in [0.1, 0.15) is 0 Å². The van der Waals surface area contributed by atoms with Crippen LogP contribution in [0, 0.1) is 0 Å². The average molecular weight is 175 g/mol. The highest BCUT2D eigenvalue weighted by atomic mass is 16.2. The molecule has 0 saturated heterocycles. The Balaban J connectivity index is 0. The molecule has 0 amide bonds. The molecule has 0 aromatic carbocycles. The maximum atomic E-state index is 7.57. The van der Waals surface area contributed by atoms with Gasteiger partial charge in [-0.3, -0.25) is 0 Å². The van der Waals surface area contributed by atoms with E-state index in [4.69, 9.17) is 5.11 Å². The maximum Gasteiger partial charge on any atom is 0.0402 e. The lowest BCUT2D eigenvalue weighted by atomic mass is 10.3. The largest absolute Gasteiger partial charge is 0.397 e. The van der Waals surface area contributed by atoms with E-state index in [1.54, 1.807) is 6.92 Å². The molecule has 0 fully saturated rings. The zero-order valence-corrected chi connectivity index (χ0v) is 8.90. The smallest absolute Gasteiger partial charge is 0.0402 e. The van der Waals surface area contributed by atoms with Crippen molar-refractivity contribution in [2.75, 3.05) is 19.7 Å². The molecule has 2 N–H and O–H groups in total. The molecule has 0 saturated carbocycles. The molecule has 76 valence electrons. The third kappa shape index (κ3) is 22.5. The van der Waals surface area contributed by atoms with Crippen LogP contribution in [0.3, 0.4) is 0 Å². The quantitative estimate of drug-likeness (QED) is 0.606. The lowest BCUT2D eigenvalue weighted by Crippen LogP contribution is -2.15. The van der Waals surface area contributed by atoms with Crippen molar-refractivity contribution in [1.29, 1.82) is 0 Å². The molecule has 0 radical (unpaired) electrons. The van der Waals surface area contributed by atoms with Crippen molar-refractivity contribution in [3.63, 3.8) is 0 Å². The van der Waals surface area contributed by atoms with Crippen LogP contribution in [0.1, 0.15) is 46.5 Å². The highest BCUT2D eigenvalue weighted by Crippen LogP contribution is 1.85. The molecule has 0 aliphatic carbocycles. The van der Waals surface area contributed by atoms with Gasteiger partial charge in [-0.1, -0.05) is 26.7 Å². The van der Waals surface area contributed by atoms with Gasteiger partial charge in [-0.2, -0.15) is 0 Å². The van der Waals surface area contributed by atoms with E-state index in [0.717, 1.165) is 0 Å². The molecule has 0 heterocycles. The van der Waals surface area contributed by atoms with Crippen LogP contribution in [-0.2, 0) is 0 Å². The van der Waals surface area contributed by atoms with Crippen molar-refractivity contribution in [3.8, 4) is 0 Å². The van der Waals surface area contributed by atoms with Crippen LogP contribution in [-0.4, -0.2) is 24.8 Å². The summed E-state index contributed by atoms with van der Waals surface area (Å²) in [5.41, 5.74) is 0. The van der Waals surface area contributed by atoms with Crippen LogP contribution >= 0.6 is 0 Å². The first kappa shape index (κ1) is 14.4. The summed E-state index contributed by atoms with van der Waals surface area (Å²) in [6.45, 7) is 8.79. The predicted molar refractivity (Wildman–Crippen MR) is 55.4 cm³/mol. The molecule has 0 aliphatic rings. The molecule has 0 rings (SSSR count). The minimum atomic E-state index is 0.250. The fraction of sp³-hybridized carbons (Fsp3) is 1.00. The molecule has 0 aromatic heterocycles. The summed E-state index contributed by atoms with van der Waals surface area (Å²) in [6, 6.07) is 0. The molecule has 0 atom stereocenters. The minimum Gasteiger partial charge on any atom is -0.397 e. The van der Waals surface area contributed by atoms with Crippen LogP contribution in [0.15, 0.2) is 0 Å². The van der Waals surface area contributed by atoms with Crippen LogP contribution < -0.4 is 5.32 Å². The first-order valence-corrected chi connectivity index (χ1v) is 5.14. The number of hydrogen-bond acceptors (Lipinski definition) is 2. The molecule has 2 nitrogen and oxygen atoms in total. The summed E-state index contributed by atoms with van der Waals surface area (Å²) in [4.78, 5) is 0. The topological polar surface area (TPSA) is 32.3 Å². The molecule has 0 unspecified atom stereocenters. The second kappa shape index (κ2) is 17.1. The van der Waals surface area contributed by atoms with Gasteiger partial charge in [0.2, 0.25) is 0 Å². The van der Waals surface area contributed by atoms with E-state index < -0.39 is 0 Å². The standard InChI is InChI=1S/C8H19N.C2H6O/c1-3-5-7-9-8-6-4-2;1-2-3/h9H,3-8H2,1-2H3;3H,2H2,1H3. The van der Waals surface area contributed by atoms with E-state index in [1.807, 2.05) is 0 Å². The number of rotatable bonds is 6. The van der Waals surface area contributed by atoms with Gasteiger partial charge < -0.3 is 10.4 Å². The van der Waals surface area contributed by atoms with Crippen LogP contribution in [0.4, 0.5) is 0 Å². The van der Waals surface area contributed by atoms with E-state index in [-0.39, 0.29) is 6.61 Å². The van der Waals surface area contributed by atoms with Crippen molar-refractivity contribution in [2.45, 2.75) is 46.5 Å². The van der Waals surface area contributed by atoms with E-state index >= 15 is 0 Å². The third-order valence-electron chi connectivity index (χ3n) is 1.41. The Morgan fingerprint density at radius 3 is 1.50 bits per heavy atom. The Kier molecular flexibility index (Phi) is 20.6. The second-order valence-electron chi connectivity index (χ2n) is 2.77. The zero-order valence-electron chi connectivity index (χ0n) is 8.90. The Labute approximate surface area is 77.4 Å². The Hall–Kier alpha value is -0.0800. The first-order valence-electron chi connectivity index (χ1n) is 5.14. The third-order valence-corrected chi connectivity index (χ3v) is 1.41. The highest BCUT2D eigenvalue weighted by Gasteiger charge is 1.83. The monoisotopic (exact) mass is 175 g/mol. The Morgan fingerprint density at radius 1 is 0.917 bits per heavy atom. The number of aliphatic hydroxyl groups excluding tert-OH is 1. The maximum absolute atomic E-state index is 7.57. The first-order chi connectivity index (χ1) is 5.83. The SMILES string of the molecule is CCCCNCCCC.CCO. The molecular weight excluding hydrogens is 150 g/mol. The summed E-state index contributed by atoms with van der Waals surface area (Å²) in [5.74, 6) is 0. The van der Waals surface area contributed by atoms with E-state index in [2.05, 4.69) is 19.2 Å². The number of nitrogens with one attached hydrogen (secondary N) is 1. The normalized spacial score (nSPS) is 9.00. The van der Waals surface area contributed by atoms with Gasteiger partial charge >= 0.3 is 0 Å². The van der Waals surface area contributed by atoms with Crippen molar-refractivity contribution >= 4 is 0 Å². The lowest BCUT2D eigenvalue weighted by Gasteiger charge is -1.99. The Morgan fingerprint density at radius 2 is 1.25 bits per heavy atom. The van der Waals surface area contributed by atoms with Crippen molar-refractivity contribution in [1.82, 2.24) is 5.32 Å². The number of aliphatic hydroxyl groups is 1. The lowest BCUT2D eigenvalue weighted by molar-refractivity contribution is 0.318. The van der Waals surface area contributed by atoms with Gasteiger partial charge in [0.05, 0.1) is 0 Å². The molecule has 0 aliphatic heterocycles. The summed E-state index contributed by atoms with van der Waals surface area (Å²) >= 11 is 0. The van der Waals surface area contributed by atoms with E-state index in [0.29, 0.717) is 0 Å². The van der Waals surface area contributed by atoms with E-state index in [9.17, 15) is 0 Å². The zero-order chi connectivity index (χ0) is 9.66. The van der Waals surface area contributed by atoms with Crippen LogP contribution in [0.25, 0.3) is 0 Å². The molecule has 0 bridgehead atoms. The van der Waals surface area contributed by atoms with Gasteiger partial charge in [0.15, 0.2) is 0 Å². The van der Waals surface area contributed by atoms with Crippen molar-refractivity contribution in [3.05, 3.63) is 0 Å². The molecular formula is C10H25NO. The van der Waals surface area contributed by atoms with Gasteiger partial charge in [0, 0.05) is 6.61 Å². The summed E-state index contributed by atoms with van der Waals surface area (Å²) < 4.78 is 0. The molecule has 2 heteroatoms. The van der Waals surface area contributed by atoms with Gasteiger partial charge in [-0.25, -0.2) is 0 Å². The predicted octanol–water partition coefficient (Wildman–Crippen LogP) is 2.17. The van der Waals surface area contributed by atoms with Gasteiger partial charge in [0.25, 0.3) is 0 Å². The van der Waals surface area contributed by atoms with Crippen LogP contribution in [0.5, 0.6) is 0 Å². The molecule has 12 heavy (non-hydrogen) atoms. The average Bonchev–Trinajstić information content (AvgIpc) is 2.06. The highest BCUT2D eigenvalue weighted by molar-refractivity contribution is 4.45. The Bertz CT molecular complexity index is 51.8. The minimum absolute atomic E-state index is 0.250. The van der Waals surface area contributed by atoms with Gasteiger partial charge in [-0.05, 0) is 32.9 Å². The fourth-order valence-corrected chi connectivity index (χ4v) is 0.729. The summed E-state index contributed by atoms with van der Waals surface area (Å²) in [6.07, 6.45) is 5.26. The van der Waals surface area contributed by atoms with Crippen molar-refractivity contribution in [2.24, 2.45) is 0 Å². The summed E-state index contributed by atoms with van der Waals surface area (Å²) in [7, 11) is 0.